The van der Waals surface area contributed by atoms with Crippen LogP contribution in [0.5, 0.6) is 0 Å². The number of carboxylic acids is 1. The Bertz CT molecular complexity index is 267. The molecular formula is C9H11NO3. The molecule has 13 heavy (non-hydrogen) atoms. The van der Waals surface area contributed by atoms with Crippen LogP contribution >= 0.6 is 0 Å². The van der Waals surface area contributed by atoms with Crippen molar-refractivity contribution in [2.24, 2.45) is 5.92 Å². The van der Waals surface area contributed by atoms with Crippen LogP contribution in [0.4, 0.5) is 0 Å². The summed E-state index contributed by atoms with van der Waals surface area (Å²) in [4.78, 5) is 22.9. The van der Waals surface area contributed by atoms with E-state index in [9.17, 15) is 9.59 Å². The number of hydrogen-bond acceptors (Lipinski definition) is 2. The van der Waals surface area contributed by atoms with Crippen LogP contribution in [0, 0.1) is 18.3 Å². The zero-order chi connectivity index (χ0) is 9.84. The van der Waals surface area contributed by atoms with Gasteiger partial charge >= 0.3 is 5.97 Å². The standard InChI is InChI=1S/C9H11NO3/c1-2-8(11)10-4-3-7(6-10)5-9(12)13/h1,7H,3-6H2,(H,12,13). The van der Waals surface area contributed by atoms with Crippen molar-refractivity contribution in [2.45, 2.75) is 12.8 Å². The lowest BCUT2D eigenvalue weighted by Gasteiger charge is -2.11. The number of likely N-dealkylation sites (tertiary alicyclic amines) is 1. The van der Waals surface area contributed by atoms with Gasteiger partial charge in [-0.3, -0.25) is 9.59 Å². The Hall–Kier alpha value is -1.50. The highest BCUT2D eigenvalue weighted by atomic mass is 16.4. The van der Waals surface area contributed by atoms with Crippen LogP contribution in [-0.2, 0) is 9.59 Å². The number of carbonyl (C=O) groups is 2. The Morgan fingerprint density at radius 1 is 1.62 bits per heavy atom. The average Bonchev–Trinajstić information content (AvgIpc) is 2.50. The van der Waals surface area contributed by atoms with Gasteiger partial charge in [0.1, 0.15) is 0 Å². The van der Waals surface area contributed by atoms with E-state index in [0.717, 1.165) is 6.42 Å². The Balaban J connectivity index is 2.41. The summed E-state index contributed by atoms with van der Waals surface area (Å²) < 4.78 is 0. The molecule has 1 atom stereocenters. The van der Waals surface area contributed by atoms with E-state index in [0.29, 0.717) is 13.1 Å². The van der Waals surface area contributed by atoms with Crippen molar-refractivity contribution in [3.8, 4) is 12.3 Å². The summed E-state index contributed by atoms with van der Waals surface area (Å²) in [5.74, 6) is 0.926. The Morgan fingerprint density at radius 3 is 2.85 bits per heavy atom. The van der Waals surface area contributed by atoms with Gasteiger partial charge in [-0.05, 0) is 18.3 Å². The van der Waals surface area contributed by atoms with E-state index < -0.39 is 5.97 Å². The topological polar surface area (TPSA) is 57.6 Å². The minimum atomic E-state index is -0.819. The first-order valence-corrected chi connectivity index (χ1v) is 4.10. The van der Waals surface area contributed by atoms with Crippen LogP contribution < -0.4 is 0 Å². The van der Waals surface area contributed by atoms with Gasteiger partial charge in [-0.2, -0.15) is 0 Å². The second-order valence-corrected chi connectivity index (χ2v) is 3.15. The SMILES string of the molecule is C#CC(=O)N1CCC(CC(=O)O)C1. The highest BCUT2D eigenvalue weighted by Crippen LogP contribution is 2.19. The van der Waals surface area contributed by atoms with Gasteiger partial charge in [0, 0.05) is 19.5 Å². The number of nitrogens with zero attached hydrogens (tertiary/aromatic N) is 1. The Morgan fingerprint density at radius 2 is 2.31 bits per heavy atom. The van der Waals surface area contributed by atoms with Crippen molar-refractivity contribution >= 4 is 11.9 Å². The molecule has 0 bridgehead atoms. The smallest absolute Gasteiger partial charge is 0.303 e. The van der Waals surface area contributed by atoms with E-state index in [1.165, 1.54) is 4.90 Å². The second kappa shape index (κ2) is 3.94. The molecule has 1 heterocycles. The summed E-state index contributed by atoms with van der Waals surface area (Å²) in [5.41, 5.74) is 0. The molecule has 1 rings (SSSR count). The molecule has 1 N–H and O–H groups in total. The molecule has 1 fully saturated rings. The van der Waals surface area contributed by atoms with E-state index in [4.69, 9.17) is 11.5 Å². The van der Waals surface area contributed by atoms with E-state index >= 15 is 0 Å². The maximum Gasteiger partial charge on any atom is 0.303 e. The molecule has 0 radical (unpaired) electrons. The molecule has 1 aliphatic rings. The Labute approximate surface area is 76.5 Å². The average molecular weight is 181 g/mol. The fourth-order valence-corrected chi connectivity index (χ4v) is 1.52. The van der Waals surface area contributed by atoms with Crippen molar-refractivity contribution in [3.05, 3.63) is 0 Å². The lowest BCUT2D eigenvalue weighted by Crippen LogP contribution is -2.27. The molecule has 0 aromatic heterocycles. The van der Waals surface area contributed by atoms with Crippen molar-refractivity contribution in [3.63, 3.8) is 0 Å². The van der Waals surface area contributed by atoms with Crippen LogP contribution in [0.15, 0.2) is 0 Å². The zero-order valence-electron chi connectivity index (χ0n) is 7.19. The molecule has 1 unspecified atom stereocenters. The second-order valence-electron chi connectivity index (χ2n) is 3.15. The van der Waals surface area contributed by atoms with Gasteiger partial charge in [0.15, 0.2) is 0 Å². The van der Waals surface area contributed by atoms with Crippen molar-refractivity contribution in [1.29, 1.82) is 0 Å². The fraction of sp³-hybridized carbons (Fsp3) is 0.556. The van der Waals surface area contributed by atoms with Gasteiger partial charge in [0.25, 0.3) is 5.91 Å². The fourth-order valence-electron chi connectivity index (χ4n) is 1.52. The molecule has 1 saturated heterocycles. The summed E-state index contributed by atoms with van der Waals surface area (Å²) in [5, 5.41) is 8.51. The van der Waals surface area contributed by atoms with Gasteiger partial charge in [0.2, 0.25) is 0 Å². The number of aliphatic carboxylic acids is 1. The van der Waals surface area contributed by atoms with Gasteiger partial charge in [0.05, 0.1) is 0 Å². The highest BCUT2D eigenvalue weighted by molar-refractivity contribution is 5.93. The third-order valence-electron chi connectivity index (χ3n) is 2.16. The molecule has 1 amide bonds. The molecule has 4 nitrogen and oxygen atoms in total. The van der Waals surface area contributed by atoms with E-state index in [1.54, 1.807) is 0 Å². The maximum absolute atomic E-state index is 11.0. The van der Waals surface area contributed by atoms with Gasteiger partial charge in [-0.1, -0.05) is 0 Å². The predicted molar refractivity (Wildman–Crippen MR) is 45.8 cm³/mol. The molecule has 0 spiro atoms. The summed E-state index contributed by atoms with van der Waals surface area (Å²) in [6.45, 7) is 1.07. The highest BCUT2D eigenvalue weighted by Gasteiger charge is 2.26. The van der Waals surface area contributed by atoms with Crippen molar-refractivity contribution < 1.29 is 14.7 Å². The molecule has 0 aromatic carbocycles. The molecule has 70 valence electrons. The minimum Gasteiger partial charge on any atom is -0.481 e. The van der Waals surface area contributed by atoms with Gasteiger partial charge < -0.3 is 10.0 Å². The summed E-state index contributed by atoms with van der Waals surface area (Å²) >= 11 is 0. The molecule has 0 aromatic rings. The predicted octanol–water partition coefficient (Wildman–Crippen LogP) is -0.0572. The van der Waals surface area contributed by atoms with E-state index in [1.807, 2.05) is 5.92 Å². The summed E-state index contributed by atoms with van der Waals surface area (Å²) in [7, 11) is 0. The zero-order valence-corrected chi connectivity index (χ0v) is 7.19. The van der Waals surface area contributed by atoms with Gasteiger partial charge in [-0.25, -0.2) is 0 Å². The number of hydrogen-bond donors (Lipinski definition) is 1. The van der Waals surface area contributed by atoms with Crippen LogP contribution in [0.25, 0.3) is 0 Å². The normalized spacial score (nSPS) is 21.2. The maximum atomic E-state index is 11.0. The molecular weight excluding hydrogens is 170 g/mol. The third-order valence-corrected chi connectivity index (χ3v) is 2.16. The van der Waals surface area contributed by atoms with Crippen LogP contribution in [0.3, 0.4) is 0 Å². The third kappa shape index (κ3) is 2.48. The molecule has 4 heteroatoms. The first-order chi connectivity index (χ1) is 6.13. The van der Waals surface area contributed by atoms with E-state index in [2.05, 4.69) is 0 Å². The monoisotopic (exact) mass is 181 g/mol. The number of amides is 1. The summed E-state index contributed by atoms with van der Waals surface area (Å²) in [6.07, 6.45) is 5.80. The van der Waals surface area contributed by atoms with Crippen molar-refractivity contribution in [1.82, 2.24) is 4.90 Å². The van der Waals surface area contributed by atoms with Crippen molar-refractivity contribution in [2.75, 3.05) is 13.1 Å². The molecule has 1 aliphatic heterocycles. The first kappa shape index (κ1) is 9.59. The van der Waals surface area contributed by atoms with Gasteiger partial charge in [-0.15, -0.1) is 6.42 Å². The number of terminal acetylenes is 1. The summed E-state index contributed by atoms with van der Waals surface area (Å²) in [6, 6.07) is 0. The Kier molecular flexibility index (Phi) is 2.91. The van der Waals surface area contributed by atoms with Crippen LogP contribution in [0.2, 0.25) is 0 Å². The quantitative estimate of drug-likeness (QED) is 0.607. The molecule has 0 saturated carbocycles. The first-order valence-electron chi connectivity index (χ1n) is 4.10. The van der Waals surface area contributed by atoms with Crippen LogP contribution in [0.1, 0.15) is 12.8 Å². The number of rotatable bonds is 2. The molecule has 0 aliphatic carbocycles. The van der Waals surface area contributed by atoms with Crippen LogP contribution in [-0.4, -0.2) is 35.0 Å². The largest absolute Gasteiger partial charge is 0.481 e. The number of carboxylic acid groups (broad SMARTS) is 1. The lowest BCUT2D eigenvalue weighted by atomic mass is 10.1. The lowest BCUT2D eigenvalue weighted by molar-refractivity contribution is -0.138. The number of carbonyl (C=O) groups excluding carboxylic acids is 1. The van der Waals surface area contributed by atoms with E-state index in [-0.39, 0.29) is 18.2 Å². The minimum absolute atomic E-state index is 0.0646.